The van der Waals surface area contributed by atoms with Crippen LogP contribution in [0.15, 0.2) is 36.4 Å². The number of ketones is 1. The molecule has 176 valence electrons. The van der Waals surface area contributed by atoms with Crippen molar-refractivity contribution in [2.75, 3.05) is 13.7 Å². The second-order valence-corrected chi connectivity index (χ2v) is 20.8. The summed E-state index contributed by atoms with van der Waals surface area (Å²) in [6.07, 6.45) is 1.94. The van der Waals surface area contributed by atoms with Gasteiger partial charge in [0, 0.05) is 21.1 Å². The topological polar surface area (TPSA) is 44.8 Å². The first-order valence-electron chi connectivity index (χ1n) is 11.4. The smallest absolute Gasteiger partial charge is 0.185 e. The molecule has 1 aromatic carbocycles. The molecule has 2 atom stereocenters. The summed E-state index contributed by atoms with van der Waals surface area (Å²) in [6, 6.07) is 8.87. The van der Waals surface area contributed by atoms with Crippen molar-refractivity contribution in [2.24, 2.45) is 5.92 Å². The summed E-state index contributed by atoms with van der Waals surface area (Å²) in [5, 5.41) is 0. The van der Waals surface area contributed by atoms with Crippen molar-refractivity contribution in [2.45, 2.75) is 84.2 Å². The van der Waals surface area contributed by atoms with Crippen LogP contribution in [0.5, 0.6) is 5.75 Å². The van der Waals surface area contributed by atoms with Crippen molar-refractivity contribution in [3.8, 4) is 5.75 Å². The van der Waals surface area contributed by atoms with Crippen molar-refractivity contribution in [1.29, 1.82) is 0 Å². The van der Waals surface area contributed by atoms with Gasteiger partial charge in [-0.3, -0.25) is 4.79 Å². The fourth-order valence-electron chi connectivity index (χ4n) is 3.44. The number of hydrogen-bond donors (Lipinski definition) is 0. The summed E-state index contributed by atoms with van der Waals surface area (Å²) in [5.41, 5.74) is 2.11. The maximum absolute atomic E-state index is 13.0. The predicted octanol–water partition coefficient (Wildman–Crippen LogP) is 6.70. The molecule has 1 aromatic rings. The molecule has 0 saturated carbocycles. The van der Waals surface area contributed by atoms with E-state index in [0.29, 0.717) is 25.6 Å². The van der Waals surface area contributed by atoms with E-state index >= 15 is 0 Å². The fourth-order valence-corrected chi connectivity index (χ4v) is 6.00. The molecule has 4 nitrogen and oxygen atoms in total. The quantitative estimate of drug-likeness (QED) is 0.214. The van der Waals surface area contributed by atoms with Gasteiger partial charge in [-0.2, -0.15) is 0 Å². The van der Waals surface area contributed by atoms with Crippen LogP contribution < -0.4 is 4.74 Å². The molecule has 0 aliphatic heterocycles. The third kappa shape index (κ3) is 12.4. The van der Waals surface area contributed by atoms with E-state index in [9.17, 15) is 4.79 Å². The number of rotatable bonds is 15. The SMILES string of the molecule is C=C(C[Si](C)(C)C)C(O[Si](C)(C)C)C(=O)CCCC(C)COCc1ccc(OC)cc1. The number of ether oxygens (including phenoxy) is 2. The van der Waals surface area contributed by atoms with Gasteiger partial charge >= 0.3 is 0 Å². The monoisotopic (exact) mass is 464 g/mol. The van der Waals surface area contributed by atoms with Crippen LogP contribution in [0.25, 0.3) is 0 Å². The van der Waals surface area contributed by atoms with Crippen molar-refractivity contribution in [1.82, 2.24) is 0 Å². The van der Waals surface area contributed by atoms with Gasteiger partial charge in [-0.25, -0.2) is 0 Å². The van der Waals surface area contributed by atoms with E-state index in [4.69, 9.17) is 13.9 Å². The number of benzene rings is 1. The number of Topliss-reactive ketones (excluding diaryl/α,β-unsaturated/α-hetero) is 1. The highest BCUT2D eigenvalue weighted by atomic mass is 28.4. The van der Waals surface area contributed by atoms with Crippen LogP contribution in [-0.2, 0) is 20.6 Å². The second kappa shape index (κ2) is 12.7. The van der Waals surface area contributed by atoms with E-state index < -0.39 is 22.5 Å². The lowest BCUT2D eigenvalue weighted by atomic mass is 10.00. The highest BCUT2D eigenvalue weighted by Gasteiger charge is 2.30. The summed E-state index contributed by atoms with van der Waals surface area (Å²) in [4.78, 5) is 13.0. The van der Waals surface area contributed by atoms with Crippen molar-refractivity contribution >= 4 is 22.2 Å². The molecule has 0 radical (unpaired) electrons. The largest absolute Gasteiger partial charge is 0.497 e. The van der Waals surface area contributed by atoms with Gasteiger partial charge < -0.3 is 13.9 Å². The lowest BCUT2D eigenvalue weighted by Crippen LogP contribution is -2.39. The lowest BCUT2D eigenvalue weighted by molar-refractivity contribution is -0.124. The third-order valence-corrected chi connectivity index (χ3v) is 7.30. The molecule has 0 saturated heterocycles. The van der Waals surface area contributed by atoms with Gasteiger partial charge in [0.05, 0.1) is 13.7 Å². The Kier molecular flexibility index (Phi) is 11.4. The Morgan fingerprint density at radius 3 is 2.19 bits per heavy atom. The molecule has 0 N–H and O–H groups in total. The van der Waals surface area contributed by atoms with E-state index in [1.807, 2.05) is 24.3 Å². The molecule has 2 unspecified atom stereocenters. The summed E-state index contributed by atoms with van der Waals surface area (Å²) in [5.74, 6) is 1.45. The molecule has 0 fully saturated rings. The van der Waals surface area contributed by atoms with E-state index in [0.717, 1.165) is 35.8 Å². The van der Waals surface area contributed by atoms with Crippen LogP contribution >= 0.6 is 0 Å². The molecule has 0 amide bonds. The molecular weight excluding hydrogens is 420 g/mol. The molecule has 0 heterocycles. The molecular formula is C25H44O4Si2. The van der Waals surface area contributed by atoms with Gasteiger partial charge in [0.2, 0.25) is 0 Å². The Bertz CT molecular complexity index is 687. The minimum Gasteiger partial charge on any atom is -0.497 e. The summed E-state index contributed by atoms with van der Waals surface area (Å²) >= 11 is 0. The van der Waals surface area contributed by atoms with Crippen molar-refractivity contribution in [3.63, 3.8) is 0 Å². The van der Waals surface area contributed by atoms with Gasteiger partial charge in [0.25, 0.3) is 0 Å². The van der Waals surface area contributed by atoms with E-state index in [2.05, 4.69) is 52.8 Å². The zero-order valence-electron chi connectivity index (χ0n) is 21.0. The van der Waals surface area contributed by atoms with Gasteiger partial charge in [0.1, 0.15) is 11.9 Å². The minimum absolute atomic E-state index is 0.192. The average molecular weight is 465 g/mol. The van der Waals surface area contributed by atoms with Crippen LogP contribution in [0, 0.1) is 5.92 Å². The normalized spacial score (nSPS) is 14.2. The first kappa shape index (κ1) is 27.8. The zero-order chi connectivity index (χ0) is 23.7. The molecule has 6 heteroatoms. The van der Waals surface area contributed by atoms with E-state index in [1.54, 1.807) is 7.11 Å². The maximum Gasteiger partial charge on any atom is 0.185 e. The Labute approximate surface area is 192 Å². The minimum atomic E-state index is -1.83. The van der Waals surface area contributed by atoms with Crippen LogP contribution in [-0.4, -0.2) is 42.0 Å². The van der Waals surface area contributed by atoms with Gasteiger partial charge in [0.15, 0.2) is 14.1 Å². The molecule has 0 aliphatic carbocycles. The second-order valence-electron chi connectivity index (χ2n) is 10.8. The van der Waals surface area contributed by atoms with Crippen molar-refractivity contribution < 1.29 is 18.7 Å². The lowest BCUT2D eigenvalue weighted by Gasteiger charge is -2.29. The van der Waals surface area contributed by atoms with Crippen molar-refractivity contribution in [3.05, 3.63) is 42.0 Å². The summed E-state index contributed by atoms with van der Waals surface area (Å²) in [7, 11) is -1.51. The molecule has 0 bridgehead atoms. The van der Waals surface area contributed by atoms with Crippen LogP contribution in [0.3, 0.4) is 0 Å². The molecule has 1 rings (SSSR count). The third-order valence-electron chi connectivity index (χ3n) is 4.84. The molecule has 0 aromatic heterocycles. The fraction of sp³-hybridized carbons (Fsp3) is 0.640. The van der Waals surface area contributed by atoms with Crippen LogP contribution in [0.4, 0.5) is 0 Å². The first-order valence-corrected chi connectivity index (χ1v) is 18.5. The Morgan fingerprint density at radius 1 is 1.06 bits per heavy atom. The first-order chi connectivity index (χ1) is 14.3. The highest BCUT2D eigenvalue weighted by Crippen LogP contribution is 2.24. The van der Waals surface area contributed by atoms with Gasteiger partial charge in [-0.05, 0) is 67.7 Å². The summed E-state index contributed by atoms with van der Waals surface area (Å²) < 4.78 is 17.3. The van der Waals surface area contributed by atoms with Crippen LogP contribution in [0.2, 0.25) is 45.3 Å². The zero-order valence-corrected chi connectivity index (χ0v) is 23.0. The van der Waals surface area contributed by atoms with E-state index in [1.165, 1.54) is 0 Å². The molecule has 31 heavy (non-hydrogen) atoms. The highest BCUT2D eigenvalue weighted by molar-refractivity contribution is 6.76. The Balaban J connectivity index is 2.44. The van der Waals surface area contributed by atoms with Crippen LogP contribution in [0.1, 0.15) is 31.7 Å². The molecule has 0 spiro atoms. The molecule has 0 aliphatic rings. The van der Waals surface area contributed by atoms with Gasteiger partial charge in [-0.1, -0.05) is 45.3 Å². The standard InChI is InChI=1S/C25H44O4Si2/c1-20(17-28-18-22-13-15-23(27-3)16-14-22)11-10-12-24(26)25(29-31(7,8)9)21(2)19-30(4,5)6/h13-16,20,25H,2,10-12,17-19H2,1,3-9H3. The van der Waals surface area contributed by atoms with E-state index in [-0.39, 0.29) is 5.78 Å². The Hall–Kier alpha value is -1.22. The average Bonchev–Trinajstić information content (AvgIpc) is 2.64. The number of carbonyl (C=O) groups is 1. The van der Waals surface area contributed by atoms with Gasteiger partial charge in [-0.15, -0.1) is 0 Å². The Morgan fingerprint density at radius 2 is 1.68 bits per heavy atom. The summed E-state index contributed by atoms with van der Waals surface area (Å²) in [6.45, 7) is 21.0. The number of carbonyl (C=O) groups excluding carboxylic acids is 1. The number of hydrogen-bond acceptors (Lipinski definition) is 4. The predicted molar refractivity (Wildman–Crippen MR) is 136 cm³/mol. The maximum atomic E-state index is 13.0. The number of methoxy groups -OCH3 is 1.